The minimum absolute atomic E-state index is 0.0358. The van der Waals surface area contributed by atoms with E-state index in [9.17, 15) is 9.18 Å². The van der Waals surface area contributed by atoms with Gasteiger partial charge in [-0.3, -0.25) is 0 Å². The molecule has 0 aliphatic carbocycles. The summed E-state index contributed by atoms with van der Waals surface area (Å²) in [7, 11) is 0. The molecule has 9 nitrogen and oxygen atoms in total. The highest BCUT2D eigenvalue weighted by Crippen LogP contribution is 2.17. The van der Waals surface area contributed by atoms with Gasteiger partial charge >= 0.3 is 5.69 Å². The lowest BCUT2D eigenvalue weighted by molar-refractivity contribution is 0.364. The van der Waals surface area contributed by atoms with Crippen LogP contribution in [-0.4, -0.2) is 29.3 Å². The van der Waals surface area contributed by atoms with Crippen LogP contribution in [0.25, 0.3) is 17.2 Å². The van der Waals surface area contributed by atoms with E-state index in [4.69, 9.17) is 4.52 Å². The van der Waals surface area contributed by atoms with Crippen LogP contribution in [0.3, 0.4) is 0 Å². The molecule has 2 aromatic carbocycles. The highest BCUT2D eigenvalue weighted by molar-refractivity contribution is 5.57. The Labute approximate surface area is 168 Å². The van der Waals surface area contributed by atoms with Crippen molar-refractivity contribution in [3.8, 4) is 11.4 Å². The number of anilines is 2. The van der Waals surface area contributed by atoms with Gasteiger partial charge in [0.15, 0.2) is 0 Å². The van der Waals surface area contributed by atoms with Crippen LogP contribution in [0.15, 0.2) is 76.2 Å². The quantitative estimate of drug-likeness (QED) is 0.481. The monoisotopic (exact) mass is 403 g/mol. The number of aromatic nitrogens is 6. The molecule has 3 heterocycles. The smallest absolute Gasteiger partial charge is 0.340 e. The number of para-hydroxylation sites is 1. The molecular formula is C20H14FN7O2. The van der Waals surface area contributed by atoms with Crippen molar-refractivity contribution in [3.05, 3.63) is 89.1 Å². The predicted octanol–water partition coefficient (Wildman–Crippen LogP) is 2.87. The SMILES string of the molecule is O=c1n(Cc2nc(-c3cccc(F)c3)no2)nc2nc(Nc3ccccc3)ccn12. The van der Waals surface area contributed by atoms with E-state index in [2.05, 4.69) is 25.5 Å². The fourth-order valence-electron chi connectivity index (χ4n) is 2.94. The fraction of sp³-hybridized carbons (Fsp3) is 0.0500. The van der Waals surface area contributed by atoms with Crippen molar-refractivity contribution < 1.29 is 8.91 Å². The number of benzene rings is 2. The zero-order chi connectivity index (χ0) is 20.5. The molecule has 0 aliphatic rings. The molecule has 0 aliphatic heterocycles. The Morgan fingerprint density at radius 3 is 2.73 bits per heavy atom. The molecule has 30 heavy (non-hydrogen) atoms. The highest BCUT2D eigenvalue weighted by Gasteiger charge is 2.14. The largest absolute Gasteiger partial charge is 0.352 e. The molecule has 0 saturated heterocycles. The Morgan fingerprint density at radius 2 is 1.90 bits per heavy atom. The maximum absolute atomic E-state index is 13.4. The molecule has 10 heteroatoms. The van der Waals surface area contributed by atoms with E-state index in [0.717, 1.165) is 5.69 Å². The second-order valence-corrected chi connectivity index (χ2v) is 6.44. The molecule has 0 radical (unpaired) electrons. The summed E-state index contributed by atoms with van der Waals surface area (Å²) in [6.45, 7) is -0.0358. The van der Waals surface area contributed by atoms with Crippen LogP contribution in [0, 0.1) is 5.82 Å². The van der Waals surface area contributed by atoms with Crippen molar-refractivity contribution in [1.82, 2.24) is 29.3 Å². The van der Waals surface area contributed by atoms with E-state index >= 15 is 0 Å². The fourth-order valence-corrected chi connectivity index (χ4v) is 2.94. The molecule has 0 unspecified atom stereocenters. The van der Waals surface area contributed by atoms with Gasteiger partial charge in [-0.25, -0.2) is 18.3 Å². The lowest BCUT2D eigenvalue weighted by Crippen LogP contribution is -2.21. The van der Waals surface area contributed by atoms with Gasteiger partial charge in [0.25, 0.3) is 5.78 Å². The molecule has 5 rings (SSSR count). The number of hydrogen-bond donors (Lipinski definition) is 1. The van der Waals surface area contributed by atoms with Crippen LogP contribution in [-0.2, 0) is 6.54 Å². The number of hydrogen-bond acceptors (Lipinski definition) is 7. The lowest BCUT2D eigenvalue weighted by Gasteiger charge is -2.04. The molecule has 0 amide bonds. The van der Waals surface area contributed by atoms with Crippen molar-refractivity contribution in [3.63, 3.8) is 0 Å². The predicted molar refractivity (Wildman–Crippen MR) is 106 cm³/mol. The Hall–Kier alpha value is -4.34. The summed E-state index contributed by atoms with van der Waals surface area (Å²) >= 11 is 0. The zero-order valence-electron chi connectivity index (χ0n) is 15.4. The molecule has 0 fully saturated rings. The van der Waals surface area contributed by atoms with Gasteiger partial charge in [-0.2, -0.15) is 9.97 Å². The van der Waals surface area contributed by atoms with E-state index in [0.29, 0.717) is 11.4 Å². The van der Waals surface area contributed by atoms with Gasteiger partial charge in [-0.1, -0.05) is 35.5 Å². The van der Waals surface area contributed by atoms with Crippen LogP contribution in [0.1, 0.15) is 5.89 Å². The Morgan fingerprint density at radius 1 is 1.03 bits per heavy atom. The van der Waals surface area contributed by atoms with E-state index in [1.54, 1.807) is 24.4 Å². The maximum Gasteiger partial charge on any atom is 0.352 e. The third-order valence-electron chi connectivity index (χ3n) is 4.34. The number of halogens is 1. The van der Waals surface area contributed by atoms with E-state index in [-0.39, 0.29) is 24.0 Å². The number of nitrogens with zero attached hydrogens (tertiary/aromatic N) is 6. The molecule has 0 spiro atoms. The molecule has 3 aromatic heterocycles. The molecule has 1 N–H and O–H groups in total. The standard InChI is InChI=1S/C20H14FN7O2/c21-14-6-4-5-13(11-14)18-24-17(30-26-18)12-28-20(29)27-10-9-16(23-19(27)25-28)22-15-7-2-1-3-8-15/h1-11H,12H2,(H,22,23,25). The van der Waals surface area contributed by atoms with Gasteiger partial charge in [0.2, 0.25) is 11.7 Å². The summed E-state index contributed by atoms with van der Waals surface area (Å²) in [5.41, 5.74) is 0.951. The van der Waals surface area contributed by atoms with Crippen LogP contribution >= 0.6 is 0 Å². The average Bonchev–Trinajstić information content (AvgIpc) is 3.34. The van der Waals surface area contributed by atoms with Crippen molar-refractivity contribution >= 4 is 17.3 Å². The summed E-state index contributed by atoms with van der Waals surface area (Å²) in [5.74, 6) is 0.778. The Balaban J connectivity index is 1.41. The summed E-state index contributed by atoms with van der Waals surface area (Å²) in [6.07, 6.45) is 1.59. The molecule has 148 valence electrons. The van der Waals surface area contributed by atoms with Gasteiger partial charge in [0.1, 0.15) is 18.2 Å². The minimum Gasteiger partial charge on any atom is -0.340 e. The van der Waals surface area contributed by atoms with Crippen molar-refractivity contribution in [1.29, 1.82) is 0 Å². The Bertz CT molecular complexity index is 1390. The van der Waals surface area contributed by atoms with Gasteiger partial charge < -0.3 is 9.84 Å². The summed E-state index contributed by atoms with van der Waals surface area (Å²) in [6, 6.07) is 17.1. The molecule has 5 aromatic rings. The number of fused-ring (bicyclic) bond motifs is 1. The second kappa shape index (κ2) is 7.24. The first-order valence-electron chi connectivity index (χ1n) is 9.02. The number of rotatable bonds is 5. The van der Waals surface area contributed by atoms with Gasteiger partial charge in [0.05, 0.1) is 0 Å². The second-order valence-electron chi connectivity index (χ2n) is 6.44. The minimum atomic E-state index is -0.401. The molecule has 0 saturated carbocycles. The first-order valence-corrected chi connectivity index (χ1v) is 9.02. The van der Waals surface area contributed by atoms with Crippen LogP contribution in [0.5, 0.6) is 0 Å². The van der Waals surface area contributed by atoms with E-state index < -0.39 is 11.5 Å². The summed E-state index contributed by atoms with van der Waals surface area (Å²) in [5, 5.41) is 11.2. The molecule has 0 atom stereocenters. The van der Waals surface area contributed by atoms with Gasteiger partial charge in [-0.05, 0) is 30.3 Å². The van der Waals surface area contributed by atoms with E-state index in [1.807, 2.05) is 30.3 Å². The number of nitrogens with one attached hydrogen (secondary N) is 1. The van der Waals surface area contributed by atoms with Crippen molar-refractivity contribution in [2.45, 2.75) is 6.54 Å². The summed E-state index contributed by atoms with van der Waals surface area (Å²) in [4.78, 5) is 21.2. The van der Waals surface area contributed by atoms with Crippen molar-refractivity contribution in [2.24, 2.45) is 0 Å². The molecule has 0 bridgehead atoms. The van der Waals surface area contributed by atoms with Gasteiger partial charge in [0, 0.05) is 17.4 Å². The first-order chi connectivity index (χ1) is 14.7. The van der Waals surface area contributed by atoms with E-state index in [1.165, 1.54) is 21.2 Å². The maximum atomic E-state index is 13.4. The Kier molecular flexibility index (Phi) is 4.28. The average molecular weight is 403 g/mol. The summed E-state index contributed by atoms with van der Waals surface area (Å²) < 4.78 is 21.1. The molecular weight excluding hydrogens is 389 g/mol. The highest BCUT2D eigenvalue weighted by atomic mass is 19.1. The lowest BCUT2D eigenvalue weighted by atomic mass is 10.2. The first kappa shape index (κ1) is 17.7. The normalized spacial score (nSPS) is 11.1. The third kappa shape index (κ3) is 3.41. The zero-order valence-corrected chi connectivity index (χ0v) is 15.4. The van der Waals surface area contributed by atoms with Crippen molar-refractivity contribution in [2.75, 3.05) is 5.32 Å². The van der Waals surface area contributed by atoms with Crippen LogP contribution in [0.4, 0.5) is 15.9 Å². The third-order valence-corrected chi connectivity index (χ3v) is 4.34. The van der Waals surface area contributed by atoms with Crippen LogP contribution in [0.2, 0.25) is 0 Å². The topological polar surface area (TPSA) is 103 Å². The van der Waals surface area contributed by atoms with Crippen LogP contribution < -0.4 is 11.0 Å². The van der Waals surface area contributed by atoms with Gasteiger partial charge in [-0.15, -0.1) is 5.10 Å².